The largest absolute Gasteiger partial charge is 0.497 e. The number of hydrogen-bond donors (Lipinski definition) is 1. The highest BCUT2D eigenvalue weighted by Gasteiger charge is 2.21. The quantitative estimate of drug-likeness (QED) is 0.866. The lowest BCUT2D eigenvalue weighted by molar-refractivity contribution is 0.396. The van der Waals surface area contributed by atoms with E-state index in [1.165, 1.54) is 0 Å². The third kappa shape index (κ3) is 3.22. The molecule has 0 aliphatic heterocycles. The van der Waals surface area contributed by atoms with Crippen LogP contribution in [0.15, 0.2) is 28.9 Å². The van der Waals surface area contributed by atoms with Gasteiger partial charge in [0.2, 0.25) is 0 Å². The lowest BCUT2D eigenvalue weighted by Gasteiger charge is -2.18. The summed E-state index contributed by atoms with van der Waals surface area (Å²) in [5.74, 6) is 1.48. The Morgan fingerprint density at radius 3 is 2.71 bits per heavy atom. The van der Waals surface area contributed by atoms with E-state index in [2.05, 4.69) is 28.0 Å². The first-order chi connectivity index (χ1) is 10.1. The van der Waals surface area contributed by atoms with Gasteiger partial charge in [-0.1, -0.05) is 6.92 Å². The van der Waals surface area contributed by atoms with Gasteiger partial charge in [-0.05, 0) is 40.5 Å². The fourth-order valence-electron chi connectivity index (χ4n) is 2.30. The molecule has 0 aliphatic carbocycles. The van der Waals surface area contributed by atoms with E-state index in [-0.39, 0.29) is 6.04 Å². The van der Waals surface area contributed by atoms with Gasteiger partial charge in [-0.15, -0.1) is 0 Å². The number of ether oxygens (including phenoxy) is 2. The van der Waals surface area contributed by atoms with Crippen molar-refractivity contribution in [1.82, 2.24) is 9.78 Å². The molecule has 0 saturated carbocycles. The van der Waals surface area contributed by atoms with E-state index in [1.807, 2.05) is 22.9 Å². The second kappa shape index (κ2) is 6.95. The van der Waals surface area contributed by atoms with Crippen LogP contribution < -0.4 is 15.2 Å². The minimum absolute atomic E-state index is 0.349. The molecule has 0 saturated heterocycles. The topological polar surface area (TPSA) is 62.3 Å². The van der Waals surface area contributed by atoms with Crippen molar-refractivity contribution in [3.63, 3.8) is 0 Å². The van der Waals surface area contributed by atoms with Gasteiger partial charge < -0.3 is 15.2 Å². The summed E-state index contributed by atoms with van der Waals surface area (Å²) in [4.78, 5) is 0. The summed E-state index contributed by atoms with van der Waals surface area (Å²) in [5, 5.41) is 4.37. The number of nitrogens with two attached hydrogens (primary N) is 1. The molecule has 1 aromatic heterocycles. The number of aryl methyl sites for hydroxylation is 1. The second-order valence-corrected chi connectivity index (χ2v) is 5.54. The third-order valence-corrected chi connectivity index (χ3v) is 3.95. The van der Waals surface area contributed by atoms with Crippen molar-refractivity contribution in [1.29, 1.82) is 0 Å². The number of hydrogen-bond acceptors (Lipinski definition) is 4. The zero-order valence-electron chi connectivity index (χ0n) is 12.5. The smallest absolute Gasteiger partial charge is 0.124 e. The molecule has 2 aromatic rings. The highest BCUT2D eigenvalue weighted by atomic mass is 79.9. The summed E-state index contributed by atoms with van der Waals surface area (Å²) in [6.07, 6.45) is 2.76. The first-order valence-electron chi connectivity index (χ1n) is 6.81. The minimum Gasteiger partial charge on any atom is -0.497 e. The Hall–Kier alpha value is -1.53. The molecule has 0 aliphatic rings. The molecule has 6 heteroatoms. The monoisotopic (exact) mass is 353 g/mol. The van der Waals surface area contributed by atoms with Crippen LogP contribution in [-0.4, -0.2) is 24.0 Å². The Labute approximate surface area is 133 Å². The van der Waals surface area contributed by atoms with Gasteiger partial charge in [0.1, 0.15) is 11.5 Å². The number of halogens is 1. The molecule has 114 valence electrons. The average molecular weight is 354 g/mol. The maximum atomic E-state index is 6.47. The molecular weight excluding hydrogens is 334 g/mol. The second-order valence-electron chi connectivity index (χ2n) is 4.69. The molecule has 1 heterocycles. The highest BCUT2D eigenvalue weighted by molar-refractivity contribution is 9.10. The van der Waals surface area contributed by atoms with Gasteiger partial charge in [0.05, 0.1) is 36.6 Å². The van der Waals surface area contributed by atoms with Crippen molar-refractivity contribution in [2.75, 3.05) is 14.2 Å². The molecular formula is C15H20BrN3O2. The predicted molar refractivity (Wildman–Crippen MR) is 85.8 cm³/mol. The van der Waals surface area contributed by atoms with Crippen molar-refractivity contribution in [3.05, 3.63) is 40.1 Å². The van der Waals surface area contributed by atoms with Gasteiger partial charge in [-0.25, -0.2) is 0 Å². The summed E-state index contributed by atoms with van der Waals surface area (Å²) in [6, 6.07) is 5.27. The first-order valence-corrected chi connectivity index (χ1v) is 7.60. The van der Waals surface area contributed by atoms with Gasteiger partial charge >= 0.3 is 0 Å². The lowest BCUT2D eigenvalue weighted by Crippen LogP contribution is -2.19. The third-order valence-electron chi connectivity index (χ3n) is 3.34. The fourth-order valence-corrected chi connectivity index (χ4v) is 2.84. The highest BCUT2D eigenvalue weighted by Crippen LogP contribution is 2.34. The van der Waals surface area contributed by atoms with Crippen LogP contribution in [0.4, 0.5) is 0 Å². The van der Waals surface area contributed by atoms with E-state index in [9.17, 15) is 0 Å². The van der Waals surface area contributed by atoms with Crippen LogP contribution in [0.2, 0.25) is 0 Å². The van der Waals surface area contributed by atoms with Gasteiger partial charge in [-0.2, -0.15) is 5.10 Å². The number of rotatable bonds is 6. The number of methoxy groups -OCH3 is 2. The molecule has 5 nitrogen and oxygen atoms in total. The van der Waals surface area contributed by atoms with E-state index < -0.39 is 0 Å². The van der Waals surface area contributed by atoms with Gasteiger partial charge in [0, 0.05) is 12.1 Å². The van der Waals surface area contributed by atoms with Crippen molar-refractivity contribution in [2.45, 2.75) is 25.9 Å². The van der Waals surface area contributed by atoms with Gasteiger partial charge in [0.25, 0.3) is 0 Å². The average Bonchev–Trinajstić information content (AvgIpc) is 2.87. The summed E-state index contributed by atoms with van der Waals surface area (Å²) in [6.45, 7) is 2.93. The molecule has 1 atom stereocenters. The van der Waals surface area contributed by atoms with Crippen LogP contribution in [0.5, 0.6) is 11.5 Å². The maximum Gasteiger partial charge on any atom is 0.124 e. The van der Waals surface area contributed by atoms with E-state index in [0.717, 1.165) is 40.2 Å². The minimum atomic E-state index is -0.349. The summed E-state index contributed by atoms with van der Waals surface area (Å²) in [7, 11) is 3.27. The molecule has 0 spiro atoms. The number of nitrogens with zero attached hydrogens (tertiary/aromatic N) is 2. The molecule has 1 unspecified atom stereocenters. The van der Waals surface area contributed by atoms with Crippen LogP contribution in [-0.2, 0) is 6.54 Å². The first kappa shape index (κ1) is 15.9. The van der Waals surface area contributed by atoms with Crippen LogP contribution in [0, 0.1) is 0 Å². The molecule has 1 aromatic carbocycles. The Morgan fingerprint density at radius 1 is 1.33 bits per heavy atom. The Balaban J connectivity index is 2.48. The van der Waals surface area contributed by atoms with Gasteiger partial charge in [-0.3, -0.25) is 4.68 Å². The molecule has 2 rings (SSSR count). The van der Waals surface area contributed by atoms with E-state index in [0.29, 0.717) is 0 Å². The molecule has 2 N–H and O–H groups in total. The van der Waals surface area contributed by atoms with Crippen LogP contribution >= 0.6 is 15.9 Å². The number of aromatic nitrogens is 2. The van der Waals surface area contributed by atoms with E-state index in [1.54, 1.807) is 20.4 Å². The fraction of sp³-hybridized carbons (Fsp3) is 0.400. The van der Waals surface area contributed by atoms with Crippen molar-refractivity contribution in [2.24, 2.45) is 5.73 Å². The Morgan fingerprint density at radius 2 is 2.10 bits per heavy atom. The van der Waals surface area contributed by atoms with Crippen LogP contribution in [0.1, 0.15) is 30.6 Å². The van der Waals surface area contributed by atoms with Crippen molar-refractivity contribution >= 4 is 15.9 Å². The van der Waals surface area contributed by atoms with E-state index in [4.69, 9.17) is 15.2 Å². The molecule has 21 heavy (non-hydrogen) atoms. The lowest BCUT2D eigenvalue weighted by atomic mass is 10.0. The SMILES string of the molecule is CCCn1ncc(Br)c1C(N)c1cc(OC)ccc1OC. The zero-order valence-corrected chi connectivity index (χ0v) is 14.1. The van der Waals surface area contributed by atoms with Crippen LogP contribution in [0.3, 0.4) is 0 Å². The standard InChI is InChI=1S/C15H20BrN3O2/c1-4-7-19-15(12(16)9-18-19)14(17)11-8-10(20-2)5-6-13(11)21-3/h5-6,8-9,14H,4,7,17H2,1-3H3. The predicted octanol–water partition coefficient (Wildman–Crippen LogP) is 3.12. The Kier molecular flexibility index (Phi) is 5.25. The normalized spacial score (nSPS) is 12.2. The molecule has 0 bridgehead atoms. The van der Waals surface area contributed by atoms with Crippen LogP contribution in [0.25, 0.3) is 0 Å². The summed E-state index contributed by atoms with van der Waals surface area (Å²) < 4.78 is 13.5. The summed E-state index contributed by atoms with van der Waals surface area (Å²) in [5.41, 5.74) is 8.27. The van der Waals surface area contributed by atoms with E-state index >= 15 is 0 Å². The molecule has 0 amide bonds. The van der Waals surface area contributed by atoms with Crippen molar-refractivity contribution < 1.29 is 9.47 Å². The Bertz CT molecular complexity index is 613. The maximum absolute atomic E-state index is 6.47. The number of benzene rings is 1. The van der Waals surface area contributed by atoms with Gasteiger partial charge in [0.15, 0.2) is 0 Å². The zero-order chi connectivity index (χ0) is 15.4. The molecule has 0 fully saturated rings. The molecule has 0 radical (unpaired) electrons. The summed E-state index contributed by atoms with van der Waals surface area (Å²) >= 11 is 3.53. The van der Waals surface area contributed by atoms with Crippen molar-refractivity contribution in [3.8, 4) is 11.5 Å².